The van der Waals surface area contributed by atoms with Crippen LogP contribution in [0.5, 0.6) is 5.75 Å². The number of rotatable bonds is 6. The number of nitrogens with one attached hydrogen (secondary N) is 1. The zero-order chi connectivity index (χ0) is 11.1. The highest BCUT2D eigenvalue weighted by atomic mass is 16.5. The third-order valence-electron chi connectivity index (χ3n) is 2.39. The second-order valence-corrected chi connectivity index (χ2v) is 3.53. The van der Waals surface area contributed by atoms with Crippen LogP contribution in [0.2, 0.25) is 0 Å². The topological polar surface area (TPSA) is 21.3 Å². The summed E-state index contributed by atoms with van der Waals surface area (Å²) < 4.78 is 5.19. The van der Waals surface area contributed by atoms with E-state index < -0.39 is 0 Å². The van der Waals surface area contributed by atoms with E-state index in [0.717, 1.165) is 18.7 Å². The SMILES string of the molecule is C=CCCN[C@H](C)c1cccc(OC)c1. The molecule has 0 bridgehead atoms. The monoisotopic (exact) mass is 205 g/mol. The van der Waals surface area contributed by atoms with E-state index in [4.69, 9.17) is 4.74 Å². The van der Waals surface area contributed by atoms with E-state index in [9.17, 15) is 0 Å². The highest BCUT2D eigenvalue weighted by Gasteiger charge is 2.04. The lowest BCUT2D eigenvalue weighted by Gasteiger charge is -2.14. The molecule has 0 aromatic heterocycles. The maximum absolute atomic E-state index is 5.19. The zero-order valence-corrected chi connectivity index (χ0v) is 9.49. The number of benzene rings is 1. The van der Waals surface area contributed by atoms with Gasteiger partial charge in [0.25, 0.3) is 0 Å². The standard InChI is InChI=1S/C13H19NO/c1-4-5-9-14-11(2)12-7-6-8-13(10-12)15-3/h4,6-8,10-11,14H,1,5,9H2,2-3H3/t11-/m1/s1. The quantitative estimate of drug-likeness (QED) is 0.569. The Bertz CT molecular complexity index is 309. The molecule has 82 valence electrons. The van der Waals surface area contributed by atoms with E-state index in [0.29, 0.717) is 6.04 Å². The van der Waals surface area contributed by atoms with Crippen molar-refractivity contribution in [3.8, 4) is 5.75 Å². The van der Waals surface area contributed by atoms with Crippen LogP contribution in [0.4, 0.5) is 0 Å². The minimum absolute atomic E-state index is 0.347. The molecule has 1 rings (SSSR count). The third kappa shape index (κ3) is 3.76. The molecule has 0 spiro atoms. The summed E-state index contributed by atoms with van der Waals surface area (Å²) in [5.74, 6) is 0.907. The van der Waals surface area contributed by atoms with Crippen LogP contribution >= 0.6 is 0 Å². The normalized spacial score (nSPS) is 12.1. The zero-order valence-electron chi connectivity index (χ0n) is 9.49. The molecule has 0 radical (unpaired) electrons. The Morgan fingerprint density at radius 3 is 3.00 bits per heavy atom. The molecule has 0 aliphatic carbocycles. The summed E-state index contributed by atoms with van der Waals surface area (Å²) in [6.45, 7) is 6.81. The molecule has 0 saturated carbocycles. The Kier molecular flexibility index (Phi) is 4.91. The first-order valence-electron chi connectivity index (χ1n) is 5.26. The Morgan fingerprint density at radius 1 is 1.53 bits per heavy atom. The molecule has 0 fully saturated rings. The molecule has 0 aliphatic heterocycles. The van der Waals surface area contributed by atoms with Gasteiger partial charge in [-0.1, -0.05) is 18.2 Å². The van der Waals surface area contributed by atoms with E-state index >= 15 is 0 Å². The van der Waals surface area contributed by atoms with Gasteiger partial charge in [-0.3, -0.25) is 0 Å². The lowest BCUT2D eigenvalue weighted by Crippen LogP contribution is -2.19. The summed E-state index contributed by atoms with van der Waals surface area (Å²) in [6, 6.07) is 8.49. The molecule has 1 aromatic rings. The van der Waals surface area contributed by atoms with Gasteiger partial charge in [-0.15, -0.1) is 6.58 Å². The van der Waals surface area contributed by atoms with Crippen molar-refractivity contribution >= 4 is 0 Å². The average Bonchev–Trinajstić information content (AvgIpc) is 2.29. The molecule has 0 heterocycles. The Balaban J connectivity index is 2.56. The van der Waals surface area contributed by atoms with Crippen molar-refractivity contribution < 1.29 is 4.74 Å². The molecule has 0 amide bonds. The van der Waals surface area contributed by atoms with Crippen LogP contribution < -0.4 is 10.1 Å². The third-order valence-corrected chi connectivity index (χ3v) is 2.39. The molecule has 0 aliphatic rings. The van der Waals surface area contributed by atoms with Crippen LogP contribution in [0.1, 0.15) is 24.9 Å². The Morgan fingerprint density at radius 2 is 2.33 bits per heavy atom. The maximum Gasteiger partial charge on any atom is 0.119 e. The molecule has 1 aromatic carbocycles. The molecular formula is C13H19NO. The Hall–Kier alpha value is -1.28. The van der Waals surface area contributed by atoms with Crippen LogP contribution in [-0.4, -0.2) is 13.7 Å². The molecular weight excluding hydrogens is 186 g/mol. The number of ether oxygens (including phenoxy) is 1. The van der Waals surface area contributed by atoms with Crippen LogP contribution in [0.25, 0.3) is 0 Å². The smallest absolute Gasteiger partial charge is 0.119 e. The van der Waals surface area contributed by atoms with Gasteiger partial charge in [0.15, 0.2) is 0 Å². The maximum atomic E-state index is 5.19. The molecule has 1 atom stereocenters. The van der Waals surface area contributed by atoms with Crippen molar-refractivity contribution in [2.75, 3.05) is 13.7 Å². The van der Waals surface area contributed by atoms with Gasteiger partial charge in [-0.2, -0.15) is 0 Å². The second-order valence-electron chi connectivity index (χ2n) is 3.53. The second kappa shape index (κ2) is 6.25. The Labute approximate surface area is 92.0 Å². The lowest BCUT2D eigenvalue weighted by atomic mass is 10.1. The van der Waals surface area contributed by atoms with Gasteiger partial charge >= 0.3 is 0 Å². The highest BCUT2D eigenvalue weighted by Crippen LogP contribution is 2.18. The summed E-state index contributed by atoms with van der Waals surface area (Å²) in [5.41, 5.74) is 1.25. The van der Waals surface area contributed by atoms with Gasteiger partial charge < -0.3 is 10.1 Å². The van der Waals surface area contributed by atoms with Gasteiger partial charge in [0.1, 0.15) is 5.75 Å². The van der Waals surface area contributed by atoms with Crippen LogP contribution in [-0.2, 0) is 0 Å². The van der Waals surface area contributed by atoms with E-state index in [1.807, 2.05) is 18.2 Å². The first-order valence-corrected chi connectivity index (χ1v) is 5.26. The van der Waals surface area contributed by atoms with Crippen molar-refractivity contribution in [3.63, 3.8) is 0 Å². The minimum Gasteiger partial charge on any atom is -0.497 e. The summed E-state index contributed by atoms with van der Waals surface area (Å²) in [6.07, 6.45) is 2.92. The summed E-state index contributed by atoms with van der Waals surface area (Å²) in [7, 11) is 1.69. The minimum atomic E-state index is 0.347. The summed E-state index contributed by atoms with van der Waals surface area (Å²) in [5, 5.41) is 3.42. The lowest BCUT2D eigenvalue weighted by molar-refractivity contribution is 0.413. The molecule has 15 heavy (non-hydrogen) atoms. The number of hydrogen-bond donors (Lipinski definition) is 1. The van der Waals surface area contributed by atoms with Crippen molar-refractivity contribution in [2.45, 2.75) is 19.4 Å². The average molecular weight is 205 g/mol. The van der Waals surface area contributed by atoms with E-state index in [-0.39, 0.29) is 0 Å². The summed E-state index contributed by atoms with van der Waals surface area (Å²) >= 11 is 0. The first-order chi connectivity index (χ1) is 7.27. The fourth-order valence-electron chi connectivity index (χ4n) is 1.43. The van der Waals surface area contributed by atoms with E-state index in [1.54, 1.807) is 7.11 Å². The fourth-order valence-corrected chi connectivity index (χ4v) is 1.43. The van der Waals surface area contributed by atoms with Gasteiger partial charge in [0.2, 0.25) is 0 Å². The van der Waals surface area contributed by atoms with E-state index in [1.165, 1.54) is 5.56 Å². The fraction of sp³-hybridized carbons (Fsp3) is 0.385. The number of hydrogen-bond acceptors (Lipinski definition) is 2. The van der Waals surface area contributed by atoms with Crippen LogP contribution in [0.3, 0.4) is 0 Å². The van der Waals surface area contributed by atoms with Crippen LogP contribution in [0, 0.1) is 0 Å². The summed E-state index contributed by atoms with van der Waals surface area (Å²) in [4.78, 5) is 0. The molecule has 2 heteroatoms. The van der Waals surface area contributed by atoms with Crippen molar-refractivity contribution in [2.24, 2.45) is 0 Å². The number of methoxy groups -OCH3 is 1. The predicted molar refractivity (Wildman–Crippen MR) is 64.2 cm³/mol. The predicted octanol–water partition coefficient (Wildman–Crippen LogP) is 2.92. The van der Waals surface area contributed by atoms with Gasteiger partial charge in [-0.25, -0.2) is 0 Å². The van der Waals surface area contributed by atoms with Crippen molar-refractivity contribution in [1.29, 1.82) is 0 Å². The molecule has 0 unspecified atom stereocenters. The highest BCUT2D eigenvalue weighted by molar-refractivity contribution is 5.30. The largest absolute Gasteiger partial charge is 0.497 e. The van der Waals surface area contributed by atoms with E-state index in [2.05, 4.69) is 31.0 Å². The van der Waals surface area contributed by atoms with Gasteiger partial charge in [-0.05, 0) is 37.6 Å². The first kappa shape index (κ1) is 11.8. The van der Waals surface area contributed by atoms with Crippen molar-refractivity contribution in [1.82, 2.24) is 5.32 Å². The van der Waals surface area contributed by atoms with Crippen molar-refractivity contribution in [3.05, 3.63) is 42.5 Å². The van der Waals surface area contributed by atoms with Crippen LogP contribution in [0.15, 0.2) is 36.9 Å². The van der Waals surface area contributed by atoms with Gasteiger partial charge in [0, 0.05) is 6.04 Å². The molecule has 2 nitrogen and oxygen atoms in total. The van der Waals surface area contributed by atoms with Gasteiger partial charge in [0.05, 0.1) is 7.11 Å². The molecule has 1 N–H and O–H groups in total. The molecule has 0 saturated heterocycles.